The molecule has 0 aliphatic rings. The second-order valence-corrected chi connectivity index (χ2v) is 13.5. The van der Waals surface area contributed by atoms with Crippen molar-refractivity contribution in [2.24, 2.45) is 0 Å². The van der Waals surface area contributed by atoms with Gasteiger partial charge >= 0.3 is 6.09 Å². The summed E-state index contributed by atoms with van der Waals surface area (Å²) in [7, 11) is 0. The third-order valence-corrected chi connectivity index (χ3v) is 8.46. The molecule has 0 aliphatic heterocycles. The summed E-state index contributed by atoms with van der Waals surface area (Å²) in [6.07, 6.45) is 12.9. The molecule has 0 saturated heterocycles. The van der Waals surface area contributed by atoms with E-state index in [9.17, 15) is 4.79 Å². The first-order valence-corrected chi connectivity index (χ1v) is 22.2. The van der Waals surface area contributed by atoms with Gasteiger partial charge < -0.3 is 66.9 Å². The van der Waals surface area contributed by atoms with Crippen molar-refractivity contribution in [3.63, 3.8) is 0 Å². The largest absolute Gasteiger partial charge is 0.445 e. The Morgan fingerprint density at radius 3 is 1.00 bits per heavy atom. The highest BCUT2D eigenvalue weighted by atomic mass is 16.6. The van der Waals surface area contributed by atoms with Gasteiger partial charge in [0.1, 0.15) is 6.61 Å². The standard InChI is InChI=1S/C44H81NO14/c1-2-3-4-5-6-7-8-9-10-14-18-47-20-22-49-24-26-51-28-30-53-32-34-55-36-38-57-40-41-58-39-37-56-35-33-54-31-29-52-27-25-50-23-21-48-19-17-45-44(46)59-42-43-15-12-11-13-16-43/h11-13,15-16H,2-10,14,17-42H2,1H3,(H,45,46). The molecular weight excluding hydrogens is 766 g/mol. The van der Waals surface area contributed by atoms with Crippen LogP contribution in [0.3, 0.4) is 0 Å². The molecule has 1 rings (SSSR count). The lowest BCUT2D eigenvalue weighted by molar-refractivity contribution is -0.0283. The number of alkyl carbamates (subject to hydrolysis) is 1. The van der Waals surface area contributed by atoms with Crippen LogP contribution in [-0.4, -0.2) is 171 Å². The van der Waals surface area contributed by atoms with E-state index >= 15 is 0 Å². The number of rotatable bonds is 49. The number of hydrogen-bond acceptors (Lipinski definition) is 14. The monoisotopic (exact) mass is 848 g/mol. The molecule has 0 atom stereocenters. The fourth-order valence-electron chi connectivity index (χ4n) is 5.21. The van der Waals surface area contributed by atoms with Crippen LogP contribution in [0.1, 0.15) is 76.7 Å². The Labute approximate surface area is 355 Å². The Bertz CT molecular complexity index is 951. The quantitative estimate of drug-likeness (QED) is 0.0761. The SMILES string of the molecule is CCCCCCCCCCCCOCCOCCOCCOCCOCCOCCOCCOCCOCCOCCOCCOCCNC(=O)OCc1ccccc1. The highest BCUT2D eigenvalue weighted by Crippen LogP contribution is 2.10. The van der Waals surface area contributed by atoms with Crippen LogP contribution in [0.15, 0.2) is 30.3 Å². The molecule has 15 nitrogen and oxygen atoms in total. The fraction of sp³-hybridized carbons (Fsp3) is 0.841. The van der Waals surface area contributed by atoms with Crippen molar-refractivity contribution in [2.45, 2.75) is 77.7 Å². The average Bonchev–Trinajstić information content (AvgIpc) is 3.25. The van der Waals surface area contributed by atoms with Gasteiger partial charge in [0.2, 0.25) is 0 Å². The van der Waals surface area contributed by atoms with Gasteiger partial charge in [-0.15, -0.1) is 0 Å². The molecule has 0 radical (unpaired) electrons. The normalized spacial score (nSPS) is 11.4. The molecule has 0 bridgehead atoms. The number of carbonyl (C=O) groups excluding carboxylic acids is 1. The van der Waals surface area contributed by atoms with Crippen LogP contribution in [0.25, 0.3) is 0 Å². The van der Waals surface area contributed by atoms with Crippen molar-refractivity contribution >= 4 is 6.09 Å². The maximum Gasteiger partial charge on any atom is 0.407 e. The molecule has 0 heterocycles. The zero-order chi connectivity index (χ0) is 42.0. The summed E-state index contributed by atoms with van der Waals surface area (Å²) in [4.78, 5) is 11.7. The van der Waals surface area contributed by atoms with E-state index < -0.39 is 6.09 Å². The van der Waals surface area contributed by atoms with Crippen molar-refractivity contribution in [1.82, 2.24) is 5.32 Å². The summed E-state index contributed by atoms with van der Waals surface area (Å²) >= 11 is 0. The van der Waals surface area contributed by atoms with Crippen LogP contribution in [0, 0.1) is 0 Å². The van der Waals surface area contributed by atoms with Gasteiger partial charge in [0, 0.05) is 13.2 Å². The molecule has 0 spiro atoms. The van der Waals surface area contributed by atoms with Crippen LogP contribution in [0.2, 0.25) is 0 Å². The second kappa shape index (κ2) is 48.7. The van der Waals surface area contributed by atoms with Gasteiger partial charge in [0.05, 0.1) is 152 Å². The van der Waals surface area contributed by atoms with Crippen molar-refractivity contribution < 1.29 is 66.4 Å². The van der Waals surface area contributed by atoms with Crippen LogP contribution < -0.4 is 5.32 Å². The highest BCUT2D eigenvalue weighted by Gasteiger charge is 2.02. The third-order valence-electron chi connectivity index (χ3n) is 8.46. The molecule has 59 heavy (non-hydrogen) atoms. The Balaban J connectivity index is 1.61. The van der Waals surface area contributed by atoms with Gasteiger partial charge in [-0.3, -0.25) is 0 Å². The Morgan fingerprint density at radius 1 is 0.373 bits per heavy atom. The minimum atomic E-state index is -0.468. The number of hydrogen-bond donors (Lipinski definition) is 1. The van der Waals surface area contributed by atoms with E-state index in [1.807, 2.05) is 30.3 Å². The van der Waals surface area contributed by atoms with E-state index in [0.29, 0.717) is 159 Å². The van der Waals surface area contributed by atoms with Crippen molar-refractivity contribution in [2.75, 3.05) is 165 Å². The Kier molecular flexibility index (Phi) is 45.4. The number of benzene rings is 1. The summed E-state index contributed by atoms with van der Waals surface area (Å²) in [5.74, 6) is 0. The van der Waals surface area contributed by atoms with Crippen LogP contribution in [0.5, 0.6) is 0 Å². The number of nitrogens with one attached hydrogen (secondary N) is 1. The molecule has 0 aromatic heterocycles. The van der Waals surface area contributed by atoms with E-state index in [4.69, 9.17) is 61.6 Å². The molecule has 0 fully saturated rings. The predicted octanol–water partition coefficient (Wildman–Crippen LogP) is 6.03. The van der Waals surface area contributed by atoms with Gasteiger partial charge in [-0.1, -0.05) is 95.0 Å². The lowest BCUT2D eigenvalue weighted by Crippen LogP contribution is -2.28. The van der Waals surface area contributed by atoms with Gasteiger partial charge in [0.25, 0.3) is 0 Å². The van der Waals surface area contributed by atoms with Gasteiger partial charge in [-0.05, 0) is 12.0 Å². The van der Waals surface area contributed by atoms with Gasteiger partial charge in [-0.25, -0.2) is 4.79 Å². The molecule has 0 aliphatic carbocycles. The molecule has 0 saturated carbocycles. The summed E-state index contributed by atoms with van der Waals surface area (Å²) in [6.45, 7) is 15.3. The topological polar surface area (TPSA) is 149 Å². The zero-order valence-electron chi connectivity index (χ0n) is 36.6. The van der Waals surface area contributed by atoms with Gasteiger partial charge in [0.15, 0.2) is 0 Å². The lowest BCUT2D eigenvalue weighted by atomic mass is 10.1. The molecular formula is C44H81NO14. The Morgan fingerprint density at radius 2 is 0.661 bits per heavy atom. The summed E-state index contributed by atoms with van der Waals surface area (Å²) in [5.41, 5.74) is 0.938. The highest BCUT2D eigenvalue weighted by molar-refractivity contribution is 5.67. The zero-order valence-corrected chi connectivity index (χ0v) is 36.6. The third kappa shape index (κ3) is 45.4. The molecule has 15 heteroatoms. The van der Waals surface area contributed by atoms with Crippen LogP contribution >= 0.6 is 0 Å². The molecule has 0 unspecified atom stereocenters. The maximum atomic E-state index is 11.7. The van der Waals surface area contributed by atoms with Crippen molar-refractivity contribution in [3.8, 4) is 0 Å². The minimum Gasteiger partial charge on any atom is -0.445 e. The van der Waals surface area contributed by atoms with Crippen LogP contribution in [-0.2, 0) is 68.2 Å². The number of carbonyl (C=O) groups is 1. The first-order chi connectivity index (χ1) is 29.3. The lowest BCUT2D eigenvalue weighted by Gasteiger charge is -2.09. The summed E-state index contributed by atoms with van der Waals surface area (Å²) in [6, 6.07) is 9.52. The van der Waals surface area contributed by atoms with E-state index in [2.05, 4.69) is 12.2 Å². The first-order valence-electron chi connectivity index (χ1n) is 22.2. The molecule has 1 aromatic carbocycles. The molecule has 1 N–H and O–H groups in total. The van der Waals surface area contributed by atoms with Gasteiger partial charge in [-0.2, -0.15) is 0 Å². The fourth-order valence-corrected chi connectivity index (χ4v) is 5.21. The minimum absolute atomic E-state index is 0.237. The number of amides is 1. The van der Waals surface area contributed by atoms with E-state index in [1.54, 1.807) is 0 Å². The number of ether oxygens (including phenoxy) is 13. The van der Waals surface area contributed by atoms with E-state index in [0.717, 1.165) is 18.6 Å². The summed E-state index contributed by atoms with van der Waals surface area (Å²) < 4.78 is 71.3. The number of unbranched alkanes of at least 4 members (excludes halogenated alkanes) is 9. The van der Waals surface area contributed by atoms with Crippen molar-refractivity contribution in [1.29, 1.82) is 0 Å². The van der Waals surface area contributed by atoms with Crippen molar-refractivity contribution in [3.05, 3.63) is 35.9 Å². The van der Waals surface area contributed by atoms with Crippen LogP contribution in [0.4, 0.5) is 4.79 Å². The summed E-state index contributed by atoms with van der Waals surface area (Å²) in [5, 5.41) is 2.65. The molecule has 346 valence electrons. The second-order valence-electron chi connectivity index (χ2n) is 13.5. The predicted molar refractivity (Wildman–Crippen MR) is 226 cm³/mol. The average molecular weight is 848 g/mol. The molecule has 1 amide bonds. The molecule has 1 aromatic rings. The Hall–Kier alpha value is -1.99. The first kappa shape index (κ1) is 55.0. The maximum absolute atomic E-state index is 11.7. The smallest absolute Gasteiger partial charge is 0.407 e. The van der Waals surface area contributed by atoms with E-state index in [1.165, 1.54) is 57.8 Å². The van der Waals surface area contributed by atoms with E-state index in [-0.39, 0.29) is 6.61 Å².